The van der Waals surface area contributed by atoms with Crippen LogP contribution in [0.25, 0.3) is 10.8 Å². The summed E-state index contributed by atoms with van der Waals surface area (Å²) in [5.41, 5.74) is 2.84. The maximum atomic E-state index is 13.1. The third kappa shape index (κ3) is 1.75. The van der Waals surface area contributed by atoms with Crippen LogP contribution in [0.5, 0.6) is 0 Å². The van der Waals surface area contributed by atoms with Gasteiger partial charge in [0.2, 0.25) is 0 Å². The molecule has 1 aliphatic rings. The lowest BCUT2D eigenvalue weighted by molar-refractivity contribution is 0.0898. The van der Waals surface area contributed by atoms with Gasteiger partial charge in [0.25, 0.3) is 0 Å². The fourth-order valence-electron chi connectivity index (χ4n) is 3.77. The molecule has 0 saturated carbocycles. The van der Waals surface area contributed by atoms with Gasteiger partial charge in [0.1, 0.15) is 0 Å². The molecule has 1 atom stereocenters. The van der Waals surface area contributed by atoms with Crippen molar-refractivity contribution in [3.63, 3.8) is 0 Å². The van der Waals surface area contributed by atoms with Crippen molar-refractivity contribution in [3.05, 3.63) is 83.4 Å². The fourth-order valence-corrected chi connectivity index (χ4v) is 3.77. The van der Waals surface area contributed by atoms with Crippen LogP contribution in [-0.2, 0) is 11.8 Å². The number of carbonyl (C=O) groups is 1. The molecule has 1 nitrogen and oxygen atoms in total. The van der Waals surface area contributed by atoms with Gasteiger partial charge in [0, 0.05) is 5.56 Å². The van der Waals surface area contributed by atoms with Gasteiger partial charge in [-0.1, -0.05) is 73.7 Å². The molecule has 0 heterocycles. The van der Waals surface area contributed by atoms with Gasteiger partial charge in [-0.15, -0.1) is 0 Å². The minimum Gasteiger partial charge on any atom is -0.293 e. The molecule has 0 amide bonds. The molecule has 0 radical (unpaired) electrons. The fraction of sp³-hybridized carbons (Fsp3) is 0.190. The van der Waals surface area contributed by atoms with Crippen molar-refractivity contribution in [2.45, 2.75) is 25.2 Å². The van der Waals surface area contributed by atoms with E-state index < -0.39 is 5.41 Å². The summed E-state index contributed by atoms with van der Waals surface area (Å²) in [5.74, 6) is 0.279. The van der Waals surface area contributed by atoms with Crippen LogP contribution < -0.4 is 0 Å². The molecule has 0 saturated heterocycles. The maximum Gasteiger partial charge on any atom is 0.173 e. The standard InChI is InChI=1S/C21H18O/c1-2-21(14-17-9-5-6-10-19(17)20(21)22)18-12-11-15-7-3-4-8-16(15)13-18/h3-13H,2,14H2,1H3. The van der Waals surface area contributed by atoms with Crippen LogP contribution in [0.3, 0.4) is 0 Å². The van der Waals surface area contributed by atoms with Crippen LogP contribution in [0.2, 0.25) is 0 Å². The topological polar surface area (TPSA) is 17.1 Å². The summed E-state index contributed by atoms with van der Waals surface area (Å²) in [7, 11) is 0. The normalized spacial score (nSPS) is 20.3. The van der Waals surface area contributed by atoms with Gasteiger partial charge in [0.05, 0.1) is 5.41 Å². The number of hydrogen-bond donors (Lipinski definition) is 0. The number of fused-ring (bicyclic) bond motifs is 2. The van der Waals surface area contributed by atoms with Gasteiger partial charge in [-0.25, -0.2) is 0 Å². The van der Waals surface area contributed by atoms with E-state index in [0.717, 1.165) is 24.0 Å². The molecular weight excluding hydrogens is 268 g/mol. The monoisotopic (exact) mass is 286 g/mol. The average Bonchev–Trinajstić information content (AvgIpc) is 2.88. The molecule has 0 bridgehead atoms. The van der Waals surface area contributed by atoms with Gasteiger partial charge in [-0.05, 0) is 34.7 Å². The van der Waals surface area contributed by atoms with Crippen LogP contribution in [-0.4, -0.2) is 5.78 Å². The summed E-state index contributed by atoms with van der Waals surface area (Å²) in [4.78, 5) is 13.1. The van der Waals surface area contributed by atoms with E-state index in [2.05, 4.69) is 49.4 Å². The number of Topliss-reactive ketones (excluding diaryl/α,β-unsaturated/α-hetero) is 1. The first-order chi connectivity index (χ1) is 10.7. The predicted molar refractivity (Wildman–Crippen MR) is 90.4 cm³/mol. The maximum absolute atomic E-state index is 13.1. The van der Waals surface area contributed by atoms with Gasteiger partial charge in [0.15, 0.2) is 5.78 Å². The Morgan fingerprint density at radius 2 is 1.64 bits per heavy atom. The predicted octanol–water partition coefficient (Wildman–Crippen LogP) is 4.93. The van der Waals surface area contributed by atoms with Crippen LogP contribution in [0.15, 0.2) is 66.7 Å². The smallest absolute Gasteiger partial charge is 0.173 e. The Balaban J connectivity index is 1.90. The molecule has 3 aromatic carbocycles. The highest BCUT2D eigenvalue weighted by Gasteiger charge is 2.45. The SMILES string of the molecule is CCC1(c2ccc3ccccc3c2)Cc2ccccc2C1=O. The quantitative estimate of drug-likeness (QED) is 0.653. The molecule has 3 aromatic rings. The second kappa shape index (κ2) is 4.81. The van der Waals surface area contributed by atoms with Gasteiger partial charge in [-0.2, -0.15) is 0 Å². The molecule has 1 heteroatoms. The van der Waals surface area contributed by atoms with E-state index in [4.69, 9.17) is 0 Å². The molecule has 22 heavy (non-hydrogen) atoms. The number of rotatable bonds is 2. The molecule has 0 aliphatic heterocycles. The molecule has 1 aliphatic carbocycles. The molecule has 4 rings (SSSR count). The summed E-state index contributed by atoms with van der Waals surface area (Å²) in [6, 6.07) is 22.8. The molecule has 1 unspecified atom stereocenters. The first-order valence-corrected chi connectivity index (χ1v) is 7.86. The van der Waals surface area contributed by atoms with Gasteiger partial charge >= 0.3 is 0 Å². The molecule has 0 aromatic heterocycles. The average molecular weight is 286 g/mol. The van der Waals surface area contributed by atoms with Crippen molar-refractivity contribution >= 4 is 16.6 Å². The highest BCUT2D eigenvalue weighted by atomic mass is 16.1. The molecule has 0 spiro atoms. The Labute approximate surface area is 130 Å². The summed E-state index contributed by atoms with van der Waals surface area (Å²) < 4.78 is 0. The number of hydrogen-bond acceptors (Lipinski definition) is 1. The van der Waals surface area contributed by atoms with Crippen molar-refractivity contribution in [2.24, 2.45) is 0 Å². The van der Waals surface area contributed by atoms with Crippen molar-refractivity contribution in [1.29, 1.82) is 0 Å². The first kappa shape index (κ1) is 13.3. The largest absolute Gasteiger partial charge is 0.293 e. The molecule has 0 fully saturated rings. The highest BCUT2D eigenvalue weighted by molar-refractivity contribution is 6.08. The number of benzene rings is 3. The summed E-state index contributed by atoms with van der Waals surface area (Å²) in [6.45, 7) is 2.12. The molecular formula is C21H18O. The lowest BCUT2D eigenvalue weighted by atomic mass is 9.74. The number of carbonyl (C=O) groups excluding carboxylic acids is 1. The summed E-state index contributed by atoms with van der Waals surface area (Å²) >= 11 is 0. The lowest BCUT2D eigenvalue weighted by Gasteiger charge is -2.27. The third-order valence-electron chi connectivity index (χ3n) is 5.09. The second-order valence-corrected chi connectivity index (χ2v) is 6.16. The van der Waals surface area contributed by atoms with E-state index in [-0.39, 0.29) is 5.78 Å². The van der Waals surface area contributed by atoms with Crippen LogP contribution in [0.4, 0.5) is 0 Å². The van der Waals surface area contributed by atoms with Crippen molar-refractivity contribution in [2.75, 3.05) is 0 Å². The van der Waals surface area contributed by atoms with E-state index in [9.17, 15) is 4.79 Å². The summed E-state index contributed by atoms with van der Waals surface area (Å²) in [5, 5.41) is 2.43. The van der Waals surface area contributed by atoms with Crippen LogP contribution in [0, 0.1) is 0 Å². The van der Waals surface area contributed by atoms with E-state index in [1.54, 1.807) is 0 Å². The van der Waals surface area contributed by atoms with E-state index in [1.807, 2.05) is 24.3 Å². The Morgan fingerprint density at radius 1 is 0.909 bits per heavy atom. The van der Waals surface area contributed by atoms with Crippen LogP contribution in [0.1, 0.15) is 34.8 Å². The van der Waals surface area contributed by atoms with E-state index >= 15 is 0 Å². The Kier molecular flexibility index (Phi) is 2.90. The summed E-state index contributed by atoms with van der Waals surface area (Å²) in [6.07, 6.45) is 1.65. The van der Waals surface area contributed by atoms with Crippen LogP contribution >= 0.6 is 0 Å². The van der Waals surface area contributed by atoms with Gasteiger partial charge in [-0.3, -0.25) is 4.79 Å². The minimum absolute atomic E-state index is 0.279. The van der Waals surface area contributed by atoms with E-state index in [0.29, 0.717) is 0 Å². The Hall–Kier alpha value is -2.41. The zero-order valence-electron chi connectivity index (χ0n) is 12.7. The Morgan fingerprint density at radius 3 is 2.41 bits per heavy atom. The first-order valence-electron chi connectivity index (χ1n) is 7.86. The Bertz CT molecular complexity index is 878. The van der Waals surface area contributed by atoms with Gasteiger partial charge < -0.3 is 0 Å². The molecule has 108 valence electrons. The van der Waals surface area contributed by atoms with Crippen molar-refractivity contribution in [3.8, 4) is 0 Å². The lowest BCUT2D eigenvalue weighted by Crippen LogP contribution is -2.32. The number of ketones is 1. The zero-order valence-corrected chi connectivity index (χ0v) is 12.7. The highest BCUT2D eigenvalue weighted by Crippen LogP contribution is 2.42. The van der Waals surface area contributed by atoms with Crippen molar-refractivity contribution < 1.29 is 4.79 Å². The second-order valence-electron chi connectivity index (χ2n) is 6.16. The zero-order chi connectivity index (χ0) is 15.2. The third-order valence-corrected chi connectivity index (χ3v) is 5.09. The minimum atomic E-state index is -0.395. The molecule has 0 N–H and O–H groups in total. The van der Waals surface area contributed by atoms with E-state index in [1.165, 1.54) is 16.3 Å². The van der Waals surface area contributed by atoms with Crippen molar-refractivity contribution in [1.82, 2.24) is 0 Å².